The molecule has 1 aromatic heterocycles. The van der Waals surface area contributed by atoms with Gasteiger partial charge in [0, 0.05) is 33.9 Å². The number of hydrogen-bond donors (Lipinski definition) is 1. The Morgan fingerprint density at radius 2 is 2.00 bits per heavy atom. The Morgan fingerprint density at radius 3 is 2.76 bits per heavy atom. The van der Waals surface area contributed by atoms with Crippen molar-refractivity contribution in [1.29, 1.82) is 0 Å². The lowest BCUT2D eigenvalue weighted by Crippen LogP contribution is -2.06. The fraction of sp³-hybridized carbons (Fsp3) is 0.118. The number of aromatic nitrogens is 1. The second kappa shape index (κ2) is 6.29. The number of benzene rings is 2. The van der Waals surface area contributed by atoms with Gasteiger partial charge in [0.2, 0.25) is 0 Å². The maximum Gasteiger partial charge on any atom is 0.123 e. The standard InChI is InChI=1S/C17H15ClN2S/c1-12(13-4-2-6-15(18)10-13)20-16-7-3-5-14(11-16)17-19-8-9-21-17/h2-12,20H,1H3. The van der Waals surface area contributed by atoms with E-state index in [2.05, 4.69) is 41.5 Å². The zero-order valence-electron chi connectivity index (χ0n) is 11.6. The highest BCUT2D eigenvalue weighted by molar-refractivity contribution is 7.13. The number of nitrogens with zero attached hydrogens (tertiary/aromatic N) is 1. The zero-order valence-corrected chi connectivity index (χ0v) is 13.2. The third-order valence-corrected chi connectivity index (χ3v) is 4.33. The average Bonchev–Trinajstić information content (AvgIpc) is 3.02. The predicted octanol–water partition coefficient (Wildman–Crippen LogP) is 5.64. The Morgan fingerprint density at radius 1 is 1.14 bits per heavy atom. The van der Waals surface area contributed by atoms with Crippen LogP contribution in [0, 0.1) is 0 Å². The summed E-state index contributed by atoms with van der Waals surface area (Å²) in [5, 5.41) is 7.29. The molecule has 0 radical (unpaired) electrons. The van der Waals surface area contributed by atoms with Gasteiger partial charge in [-0.25, -0.2) is 4.98 Å². The summed E-state index contributed by atoms with van der Waals surface area (Å²) in [6, 6.07) is 16.4. The van der Waals surface area contributed by atoms with E-state index >= 15 is 0 Å². The highest BCUT2D eigenvalue weighted by atomic mass is 35.5. The van der Waals surface area contributed by atoms with Gasteiger partial charge in [-0.05, 0) is 36.8 Å². The molecule has 1 N–H and O–H groups in total. The van der Waals surface area contributed by atoms with Crippen LogP contribution >= 0.6 is 22.9 Å². The van der Waals surface area contributed by atoms with Crippen LogP contribution in [0.15, 0.2) is 60.1 Å². The van der Waals surface area contributed by atoms with Crippen molar-refractivity contribution >= 4 is 28.6 Å². The highest BCUT2D eigenvalue weighted by Crippen LogP contribution is 2.27. The van der Waals surface area contributed by atoms with Crippen molar-refractivity contribution in [3.63, 3.8) is 0 Å². The lowest BCUT2D eigenvalue weighted by molar-refractivity contribution is 0.885. The zero-order chi connectivity index (χ0) is 14.7. The molecule has 3 aromatic rings. The van der Waals surface area contributed by atoms with Gasteiger partial charge < -0.3 is 5.32 Å². The first-order valence-corrected chi connectivity index (χ1v) is 8.00. The number of rotatable bonds is 4. The summed E-state index contributed by atoms with van der Waals surface area (Å²) < 4.78 is 0. The Bertz CT molecular complexity index is 725. The first-order chi connectivity index (χ1) is 10.2. The lowest BCUT2D eigenvalue weighted by atomic mass is 10.1. The van der Waals surface area contributed by atoms with Crippen LogP contribution in [-0.2, 0) is 0 Å². The molecule has 0 amide bonds. The van der Waals surface area contributed by atoms with E-state index in [1.807, 2.05) is 35.8 Å². The Labute approximate surface area is 133 Å². The van der Waals surface area contributed by atoms with Gasteiger partial charge in [0.25, 0.3) is 0 Å². The van der Waals surface area contributed by atoms with Crippen molar-refractivity contribution in [2.24, 2.45) is 0 Å². The van der Waals surface area contributed by atoms with Gasteiger partial charge in [-0.2, -0.15) is 0 Å². The summed E-state index contributed by atoms with van der Waals surface area (Å²) in [4.78, 5) is 4.35. The smallest absolute Gasteiger partial charge is 0.123 e. The quantitative estimate of drug-likeness (QED) is 0.674. The molecule has 3 rings (SSSR count). The normalized spacial score (nSPS) is 12.1. The van der Waals surface area contributed by atoms with Gasteiger partial charge in [-0.15, -0.1) is 11.3 Å². The summed E-state index contributed by atoms with van der Waals surface area (Å²) in [5.74, 6) is 0. The van der Waals surface area contributed by atoms with Crippen LogP contribution in [0.4, 0.5) is 5.69 Å². The van der Waals surface area contributed by atoms with Crippen LogP contribution in [0.25, 0.3) is 10.6 Å². The van der Waals surface area contributed by atoms with Gasteiger partial charge in [0.15, 0.2) is 0 Å². The molecule has 1 unspecified atom stereocenters. The van der Waals surface area contributed by atoms with E-state index in [1.165, 1.54) is 5.56 Å². The monoisotopic (exact) mass is 314 g/mol. The molecule has 1 atom stereocenters. The summed E-state index contributed by atoms with van der Waals surface area (Å²) >= 11 is 7.70. The minimum Gasteiger partial charge on any atom is -0.379 e. The van der Waals surface area contributed by atoms with Crippen LogP contribution in [0.1, 0.15) is 18.5 Å². The van der Waals surface area contributed by atoms with E-state index in [0.717, 1.165) is 21.3 Å². The molecule has 2 nitrogen and oxygen atoms in total. The first kappa shape index (κ1) is 14.1. The highest BCUT2D eigenvalue weighted by Gasteiger charge is 2.07. The van der Waals surface area contributed by atoms with E-state index in [4.69, 9.17) is 11.6 Å². The summed E-state index contributed by atoms with van der Waals surface area (Å²) in [6.45, 7) is 2.13. The molecule has 1 heterocycles. The Kier molecular flexibility index (Phi) is 4.23. The Hall–Kier alpha value is -1.84. The SMILES string of the molecule is CC(Nc1cccc(-c2nccs2)c1)c1cccc(Cl)c1. The van der Waals surface area contributed by atoms with Crippen molar-refractivity contribution in [1.82, 2.24) is 4.98 Å². The van der Waals surface area contributed by atoms with Crippen molar-refractivity contribution in [2.45, 2.75) is 13.0 Å². The second-order valence-corrected chi connectivity index (χ2v) is 6.17. The third kappa shape index (κ3) is 3.43. The molecule has 0 spiro atoms. The van der Waals surface area contributed by atoms with Gasteiger partial charge in [0.1, 0.15) is 5.01 Å². The fourth-order valence-electron chi connectivity index (χ4n) is 2.22. The molecule has 0 aliphatic rings. The summed E-state index contributed by atoms with van der Waals surface area (Å²) in [6.07, 6.45) is 1.83. The largest absolute Gasteiger partial charge is 0.379 e. The van der Waals surface area contributed by atoms with Gasteiger partial charge in [0.05, 0.1) is 0 Å². The van der Waals surface area contributed by atoms with Crippen LogP contribution in [-0.4, -0.2) is 4.98 Å². The molecule has 0 saturated heterocycles. The minimum absolute atomic E-state index is 0.190. The Balaban J connectivity index is 1.80. The predicted molar refractivity (Wildman–Crippen MR) is 91.0 cm³/mol. The maximum absolute atomic E-state index is 6.05. The van der Waals surface area contributed by atoms with Gasteiger partial charge in [-0.3, -0.25) is 0 Å². The number of anilines is 1. The number of thiazole rings is 1. The average molecular weight is 315 g/mol. The molecule has 4 heteroatoms. The van der Waals surface area contributed by atoms with Crippen LogP contribution in [0.2, 0.25) is 5.02 Å². The fourth-order valence-corrected chi connectivity index (χ4v) is 3.05. The molecule has 0 aliphatic heterocycles. The molecule has 2 aromatic carbocycles. The van der Waals surface area contributed by atoms with Gasteiger partial charge >= 0.3 is 0 Å². The molecule has 0 fully saturated rings. The summed E-state index contributed by atoms with van der Waals surface area (Å²) in [7, 11) is 0. The van der Waals surface area contributed by atoms with E-state index in [1.54, 1.807) is 11.3 Å². The van der Waals surface area contributed by atoms with Crippen molar-refractivity contribution in [2.75, 3.05) is 5.32 Å². The van der Waals surface area contributed by atoms with Crippen LogP contribution in [0.3, 0.4) is 0 Å². The van der Waals surface area contributed by atoms with E-state index < -0.39 is 0 Å². The molecule has 0 bridgehead atoms. The maximum atomic E-state index is 6.05. The molecule has 0 saturated carbocycles. The lowest BCUT2D eigenvalue weighted by Gasteiger charge is -2.16. The van der Waals surface area contributed by atoms with Crippen molar-refractivity contribution < 1.29 is 0 Å². The molecular formula is C17H15ClN2S. The van der Waals surface area contributed by atoms with E-state index in [0.29, 0.717) is 0 Å². The first-order valence-electron chi connectivity index (χ1n) is 6.74. The minimum atomic E-state index is 0.190. The number of halogens is 1. The molecule has 0 aliphatic carbocycles. The van der Waals surface area contributed by atoms with E-state index in [9.17, 15) is 0 Å². The number of hydrogen-bond acceptors (Lipinski definition) is 3. The summed E-state index contributed by atoms with van der Waals surface area (Å²) in [5.41, 5.74) is 3.38. The third-order valence-electron chi connectivity index (χ3n) is 3.27. The van der Waals surface area contributed by atoms with Crippen LogP contribution < -0.4 is 5.32 Å². The van der Waals surface area contributed by atoms with Crippen molar-refractivity contribution in [3.8, 4) is 10.6 Å². The number of nitrogens with one attached hydrogen (secondary N) is 1. The molecule has 106 valence electrons. The van der Waals surface area contributed by atoms with E-state index in [-0.39, 0.29) is 6.04 Å². The molecule has 21 heavy (non-hydrogen) atoms. The molecular weight excluding hydrogens is 300 g/mol. The van der Waals surface area contributed by atoms with Gasteiger partial charge in [-0.1, -0.05) is 35.9 Å². The van der Waals surface area contributed by atoms with Crippen LogP contribution in [0.5, 0.6) is 0 Å². The second-order valence-electron chi connectivity index (χ2n) is 4.84. The van der Waals surface area contributed by atoms with Crippen molar-refractivity contribution in [3.05, 3.63) is 70.7 Å². The topological polar surface area (TPSA) is 24.9 Å².